The van der Waals surface area contributed by atoms with E-state index in [0.717, 1.165) is 22.7 Å². The van der Waals surface area contributed by atoms with Gasteiger partial charge in [0.2, 0.25) is 0 Å². The fourth-order valence-corrected chi connectivity index (χ4v) is 13.7. The van der Waals surface area contributed by atoms with Crippen molar-refractivity contribution in [2.45, 2.75) is 87.0 Å². The van der Waals surface area contributed by atoms with Crippen molar-refractivity contribution >= 4 is 107 Å². The van der Waals surface area contributed by atoms with Gasteiger partial charge in [-0.15, -0.1) is 11.3 Å². The summed E-state index contributed by atoms with van der Waals surface area (Å²) in [6.07, 6.45) is 0. The van der Waals surface area contributed by atoms with Crippen molar-refractivity contribution < 1.29 is 0 Å². The Morgan fingerprint density at radius 2 is 1.05 bits per heavy atom. The number of thiophene rings is 1. The third kappa shape index (κ3) is 7.94. The number of rotatable bonds is 7. The summed E-state index contributed by atoms with van der Waals surface area (Å²) in [5, 5.41) is 2.54. The van der Waals surface area contributed by atoms with E-state index in [0.29, 0.717) is 0 Å². The SMILES string of the molecule is Cc1cc2c3c(c1)N(c1c(C)cc(C(C)(C)C)cc1C)c1c(n(-c4ccccc4)c4ccc(C(C)(C)C)cc14)B3c1ccc(N(c3ccccc3)c3ccc(-c4cc5ccccc5s4)cc3)cc1N2c1c(C)cccc1C. The first kappa shape index (κ1) is 48.6. The smallest absolute Gasteiger partial charge is 0.273 e. The standard InChI is InChI=1S/C71H65BN4S/c1-44-37-61-65-62(38-44)76(67-47(4)39-52(40-48(67)5)71(9,10)11)68-57-42-51(70(6,7)8)31-36-59(57)74(54-26-16-13-17-27-54)69(68)72(65)58-35-34-56(43-60(58)75(61)66-45(2)21-20-22-46(66)3)73(53-24-14-12-15-25-53)55-32-29-49(30-33-55)64-41-50-23-18-19-28-63(50)77-64/h12-43H,1-11H3. The number of fused-ring (bicyclic) bond motifs is 7. The van der Waals surface area contributed by atoms with Gasteiger partial charge in [-0.2, -0.15) is 0 Å². The minimum absolute atomic E-state index is 0.00660. The van der Waals surface area contributed by atoms with Crippen LogP contribution in [0.5, 0.6) is 0 Å². The van der Waals surface area contributed by atoms with Crippen molar-refractivity contribution in [1.29, 1.82) is 0 Å². The molecule has 4 nitrogen and oxygen atoms in total. The number of benzene rings is 9. The Labute approximate surface area is 459 Å². The van der Waals surface area contributed by atoms with E-state index in [-0.39, 0.29) is 17.5 Å². The monoisotopic (exact) mass is 1020 g/mol. The van der Waals surface area contributed by atoms with Crippen molar-refractivity contribution in [3.63, 3.8) is 0 Å². The largest absolute Gasteiger partial charge is 0.319 e. The van der Waals surface area contributed by atoms with Crippen molar-refractivity contribution in [2.75, 3.05) is 14.7 Å². The van der Waals surface area contributed by atoms with E-state index in [1.54, 1.807) is 0 Å². The molecule has 77 heavy (non-hydrogen) atoms. The Kier molecular flexibility index (Phi) is 11.4. The lowest BCUT2D eigenvalue weighted by Crippen LogP contribution is -2.63. The van der Waals surface area contributed by atoms with Gasteiger partial charge in [0.1, 0.15) is 0 Å². The fourth-order valence-electron chi connectivity index (χ4n) is 12.6. The number of nitrogens with zero attached hydrogens (tertiary/aromatic N) is 4. The van der Waals surface area contributed by atoms with Crippen LogP contribution < -0.4 is 31.2 Å². The lowest BCUT2D eigenvalue weighted by atomic mass is 9.34. The first-order chi connectivity index (χ1) is 37.0. The highest BCUT2D eigenvalue weighted by Gasteiger charge is 2.48. The van der Waals surface area contributed by atoms with Gasteiger partial charge in [0, 0.05) is 60.4 Å². The molecule has 0 N–H and O–H groups in total. The topological polar surface area (TPSA) is 14.7 Å². The molecule has 2 aromatic heterocycles. The van der Waals surface area contributed by atoms with E-state index in [4.69, 9.17) is 0 Å². The van der Waals surface area contributed by atoms with E-state index < -0.39 is 0 Å². The molecule has 2 aliphatic rings. The van der Waals surface area contributed by atoms with Gasteiger partial charge in [-0.1, -0.05) is 151 Å². The maximum absolute atomic E-state index is 2.69. The molecule has 0 amide bonds. The lowest BCUT2D eigenvalue weighted by molar-refractivity contribution is 0.589. The third-order valence-electron chi connectivity index (χ3n) is 16.3. The normalized spacial score (nSPS) is 13.1. The minimum atomic E-state index is -0.137. The summed E-state index contributed by atoms with van der Waals surface area (Å²) in [4.78, 5) is 9.02. The van der Waals surface area contributed by atoms with E-state index in [9.17, 15) is 0 Å². The molecule has 13 rings (SSSR count). The number of aryl methyl sites for hydroxylation is 5. The highest BCUT2D eigenvalue weighted by atomic mass is 32.1. The van der Waals surface area contributed by atoms with Crippen molar-refractivity contribution in [2.24, 2.45) is 0 Å². The molecular weight excluding hydrogens is 952 g/mol. The predicted molar refractivity (Wildman–Crippen MR) is 334 cm³/mol. The summed E-state index contributed by atoms with van der Waals surface area (Å²) in [6.45, 7) is 25.4. The van der Waals surface area contributed by atoms with Crippen LogP contribution >= 0.6 is 11.3 Å². The van der Waals surface area contributed by atoms with Crippen LogP contribution in [0.2, 0.25) is 0 Å². The number of hydrogen-bond acceptors (Lipinski definition) is 4. The summed E-state index contributed by atoms with van der Waals surface area (Å²) in [7, 11) is 0. The molecule has 6 heteroatoms. The molecular formula is C71H65BN4S. The molecule has 0 radical (unpaired) electrons. The number of hydrogen-bond donors (Lipinski definition) is 0. The molecule has 0 saturated carbocycles. The van der Waals surface area contributed by atoms with Crippen molar-refractivity contribution in [3.05, 3.63) is 233 Å². The Balaban J connectivity index is 1.12. The maximum Gasteiger partial charge on any atom is 0.273 e. The molecule has 4 heterocycles. The molecule has 0 atom stereocenters. The predicted octanol–water partition coefficient (Wildman–Crippen LogP) is 18.2. The molecule has 0 spiro atoms. The summed E-state index contributed by atoms with van der Waals surface area (Å²) in [6, 6.07) is 73.4. The van der Waals surface area contributed by atoms with Gasteiger partial charge in [0.25, 0.3) is 6.71 Å². The zero-order valence-corrected chi connectivity index (χ0v) is 47.1. The van der Waals surface area contributed by atoms with Crippen LogP contribution in [-0.2, 0) is 10.8 Å². The van der Waals surface area contributed by atoms with E-state index in [1.807, 2.05) is 11.3 Å². The molecule has 0 aliphatic carbocycles. The zero-order valence-electron chi connectivity index (χ0n) is 46.2. The van der Waals surface area contributed by atoms with Gasteiger partial charge < -0.3 is 19.3 Å². The average molecular weight is 1020 g/mol. The second-order valence-electron chi connectivity index (χ2n) is 23.8. The number of aromatic nitrogens is 1. The molecule has 0 unspecified atom stereocenters. The molecule has 11 aromatic rings. The van der Waals surface area contributed by atoms with Crippen LogP contribution in [0.3, 0.4) is 0 Å². The van der Waals surface area contributed by atoms with Gasteiger partial charge in [0.15, 0.2) is 0 Å². The van der Waals surface area contributed by atoms with Crippen LogP contribution in [0, 0.1) is 34.6 Å². The van der Waals surface area contributed by atoms with Crippen molar-refractivity contribution in [3.8, 4) is 16.1 Å². The van der Waals surface area contributed by atoms with Crippen LogP contribution in [0.25, 0.3) is 37.1 Å². The molecule has 0 bridgehead atoms. The quantitative estimate of drug-likeness (QED) is 0.148. The number of para-hydroxylation sites is 3. The summed E-state index contributed by atoms with van der Waals surface area (Å²) >= 11 is 1.85. The van der Waals surface area contributed by atoms with E-state index in [2.05, 4.69) is 290 Å². The molecule has 378 valence electrons. The second kappa shape index (κ2) is 18.0. The Hall–Kier alpha value is -8.06. The fraction of sp³-hybridized carbons (Fsp3) is 0.183. The highest BCUT2D eigenvalue weighted by molar-refractivity contribution is 7.22. The molecule has 9 aromatic carbocycles. The first-order valence-electron chi connectivity index (χ1n) is 27.3. The Morgan fingerprint density at radius 3 is 1.71 bits per heavy atom. The van der Waals surface area contributed by atoms with Gasteiger partial charge in [-0.25, -0.2) is 0 Å². The lowest BCUT2D eigenvalue weighted by Gasteiger charge is -2.45. The van der Waals surface area contributed by atoms with Gasteiger partial charge in [-0.05, 0) is 191 Å². The summed E-state index contributed by atoms with van der Waals surface area (Å²) in [5.74, 6) is 0. The summed E-state index contributed by atoms with van der Waals surface area (Å²) in [5.41, 5.74) is 26.9. The van der Waals surface area contributed by atoms with Crippen LogP contribution in [0.15, 0.2) is 194 Å². The van der Waals surface area contributed by atoms with Crippen LogP contribution in [0.4, 0.5) is 51.2 Å². The van der Waals surface area contributed by atoms with E-state index >= 15 is 0 Å². The summed E-state index contributed by atoms with van der Waals surface area (Å²) < 4.78 is 3.91. The first-order valence-corrected chi connectivity index (χ1v) is 28.1. The third-order valence-corrected chi connectivity index (χ3v) is 17.5. The van der Waals surface area contributed by atoms with Crippen molar-refractivity contribution in [1.82, 2.24) is 4.57 Å². The molecule has 0 fully saturated rings. The second-order valence-corrected chi connectivity index (χ2v) is 24.8. The Morgan fingerprint density at radius 1 is 0.455 bits per heavy atom. The molecule has 2 aliphatic heterocycles. The van der Waals surface area contributed by atoms with Gasteiger partial charge in [0.05, 0.1) is 22.6 Å². The Bertz CT molecular complexity index is 4060. The number of anilines is 9. The molecule has 0 saturated heterocycles. The van der Waals surface area contributed by atoms with Gasteiger partial charge >= 0.3 is 0 Å². The zero-order chi connectivity index (χ0) is 53.2. The highest BCUT2D eigenvalue weighted by Crippen LogP contribution is 2.52. The van der Waals surface area contributed by atoms with Gasteiger partial charge in [-0.3, -0.25) is 0 Å². The maximum atomic E-state index is 2.69. The van der Waals surface area contributed by atoms with Crippen LogP contribution in [-0.4, -0.2) is 11.3 Å². The van der Waals surface area contributed by atoms with E-state index in [1.165, 1.54) is 121 Å². The average Bonchev–Trinajstić information content (AvgIpc) is 4.25. The van der Waals surface area contributed by atoms with Crippen LogP contribution in [0.1, 0.15) is 80.5 Å². The minimum Gasteiger partial charge on any atom is -0.319 e.